The van der Waals surface area contributed by atoms with Gasteiger partial charge in [-0.05, 0) is 37.7 Å². The van der Waals surface area contributed by atoms with Gasteiger partial charge in [-0.25, -0.2) is 0 Å². The van der Waals surface area contributed by atoms with E-state index in [1.165, 1.54) is 56.1 Å². The first-order valence-corrected chi connectivity index (χ1v) is 7.57. The van der Waals surface area contributed by atoms with Crippen molar-refractivity contribution in [1.29, 1.82) is 0 Å². The molecule has 1 nitrogen and oxygen atoms in total. The molecule has 0 aliphatic heterocycles. The SMILES string of the molecule is Cc1cccc(CC(N)C2CCCCCCC2)c1. The Morgan fingerprint density at radius 1 is 1.11 bits per heavy atom. The minimum Gasteiger partial charge on any atom is -0.327 e. The summed E-state index contributed by atoms with van der Waals surface area (Å²) >= 11 is 0. The molecule has 0 bridgehead atoms. The standard InChI is InChI=1S/C17H27N/c1-14-8-7-9-15(12-14)13-17(18)16-10-5-3-2-4-6-11-16/h7-9,12,16-17H,2-6,10-11,13,18H2,1H3. The molecule has 1 aliphatic rings. The maximum absolute atomic E-state index is 6.45. The highest BCUT2D eigenvalue weighted by atomic mass is 14.6. The maximum Gasteiger partial charge on any atom is 0.0108 e. The number of hydrogen-bond acceptors (Lipinski definition) is 1. The van der Waals surface area contributed by atoms with E-state index in [0.29, 0.717) is 6.04 Å². The summed E-state index contributed by atoms with van der Waals surface area (Å²) in [6, 6.07) is 9.16. The fourth-order valence-corrected chi connectivity index (χ4v) is 3.19. The van der Waals surface area contributed by atoms with Crippen LogP contribution in [0.15, 0.2) is 24.3 Å². The summed E-state index contributed by atoms with van der Waals surface area (Å²) in [5.41, 5.74) is 9.20. The fourth-order valence-electron chi connectivity index (χ4n) is 3.19. The molecule has 1 fully saturated rings. The second-order valence-corrected chi connectivity index (χ2v) is 5.96. The molecule has 1 aromatic carbocycles. The minimum absolute atomic E-state index is 0.352. The summed E-state index contributed by atoms with van der Waals surface area (Å²) in [6.45, 7) is 2.16. The van der Waals surface area contributed by atoms with Gasteiger partial charge in [-0.2, -0.15) is 0 Å². The normalized spacial score (nSPS) is 20.1. The highest BCUT2D eigenvalue weighted by molar-refractivity contribution is 5.23. The lowest BCUT2D eigenvalue weighted by molar-refractivity contribution is 0.322. The van der Waals surface area contributed by atoms with Crippen molar-refractivity contribution in [2.45, 2.75) is 64.3 Å². The lowest BCUT2D eigenvalue weighted by Crippen LogP contribution is -2.32. The van der Waals surface area contributed by atoms with Crippen molar-refractivity contribution in [3.63, 3.8) is 0 Å². The van der Waals surface area contributed by atoms with Crippen LogP contribution in [0, 0.1) is 12.8 Å². The van der Waals surface area contributed by atoms with Crippen molar-refractivity contribution in [3.05, 3.63) is 35.4 Å². The van der Waals surface area contributed by atoms with Crippen molar-refractivity contribution in [2.24, 2.45) is 11.7 Å². The molecule has 18 heavy (non-hydrogen) atoms. The van der Waals surface area contributed by atoms with Crippen LogP contribution in [0.25, 0.3) is 0 Å². The molecule has 0 amide bonds. The van der Waals surface area contributed by atoms with Crippen LogP contribution in [0.2, 0.25) is 0 Å². The first kappa shape index (κ1) is 13.6. The van der Waals surface area contributed by atoms with E-state index in [0.717, 1.165) is 12.3 Å². The van der Waals surface area contributed by atoms with Gasteiger partial charge in [0.05, 0.1) is 0 Å². The molecule has 1 aliphatic carbocycles. The van der Waals surface area contributed by atoms with Crippen LogP contribution in [0.1, 0.15) is 56.1 Å². The maximum atomic E-state index is 6.45. The molecule has 0 aromatic heterocycles. The zero-order valence-electron chi connectivity index (χ0n) is 11.7. The lowest BCUT2D eigenvalue weighted by Gasteiger charge is -2.26. The van der Waals surface area contributed by atoms with E-state index in [1.54, 1.807) is 0 Å². The molecule has 100 valence electrons. The second-order valence-electron chi connectivity index (χ2n) is 5.96. The van der Waals surface area contributed by atoms with Gasteiger partial charge in [0, 0.05) is 6.04 Å². The zero-order chi connectivity index (χ0) is 12.8. The largest absolute Gasteiger partial charge is 0.327 e. The van der Waals surface area contributed by atoms with Crippen LogP contribution in [0.3, 0.4) is 0 Å². The predicted molar refractivity (Wildman–Crippen MR) is 78.7 cm³/mol. The van der Waals surface area contributed by atoms with Crippen molar-refractivity contribution in [3.8, 4) is 0 Å². The zero-order valence-corrected chi connectivity index (χ0v) is 11.7. The molecule has 1 atom stereocenters. The Morgan fingerprint density at radius 2 is 1.78 bits per heavy atom. The van der Waals surface area contributed by atoms with Gasteiger partial charge in [0.25, 0.3) is 0 Å². The topological polar surface area (TPSA) is 26.0 Å². The molecule has 0 spiro atoms. The molecule has 0 radical (unpaired) electrons. The van der Waals surface area contributed by atoms with Crippen LogP contribution in [-0.2, 0) is 6.42 Å². The third-order valence-electron chi connectivity index (χ3n) is 4.31. The van der Waals surface area contributed by atoms with Gasteiger partial charge in [0.1, 0.15) is 0 Å². The first-order chi connectivity index (χ1) is 8.75. The Labute approximate surface area is 112 Å². The average molecular weight is 245 g/mol. The van der Waals surface area contributed by atoms with E-state index in [2.05, 4.69) is 31.2 Å². The molecule has 1 heteroatoms. The van der Waals surface area contributed by atoms with Gasteiger partial charge in [-0.3, -0.25) is 0 Å². The fraction of sp³-hybridized carbons (Fsp3) is 0.647. The molecule has 1 saturated carbocycles. The molecule has 0 saturated heterocycles. The number of rotatable bonds is 3. The quantitative estimate of drug-likeness (QED) is 0.847. The van der Waals surface area contributed by atoms with Gasteiger partial charge in [0.15, 0.2) is 0 Å². The van der Waals surface area contributed by atoms with E-state index in [4.69, 9.17) is 5.73 Å². The van der Waals surface area contributed by atoms with E-state index >= 15 is 0 Å². The van der Waals surface area contributed by atoms with Crippen molar-refractivity contribution >= 4 is 0 Å². The lowest BCUT2D eigenvalue weighted by atomic mass is 9.84. The summed E-state index contributed by atoms with van der Waals surface area (Å²) in [6.07, 6.45) is 10.7. The molecule has 1 aromatic rings. The third-order valence-corrected chi connectivity index (χ3v) is 4.31. The molecule has 2 rings (SSSR count). The smallest absolute Gasteiger partial charge is 0.0108 e. The van der Waals surface area contributed by atoms with Gasteiger partial charge in [0.2, 0.25) is 0 Å². The van der Waals surface area contributed by atoms with Gasteiger partial charge < -0.3 is 5.73 Å². The Balaban J connectivity index is 1.91. The molecular formula is C17H27N. The summed E-state index contributed by atoms with van der Waals surface area (Å²) in [5.74, 6) is 0.741. The van der Waals surface area contributed by atoms with Crippen molar-refractivity contribution in [2.75, 3.05) is 0 Å². The van der Waals surface area contributed by atoms with E-state index in [1.807, 2.05) is 0 Å². The molecule has 1 unspecified atom stereocenters. The number of nitrogens with two attached hydrogens (primary N) is 1. The second kappa shape index (κ2) is 6.94. The summed E-state index contributed by atoms with van der Waals surface area (Å²) in [7, 11) is 0. The Bertz CT molecular complexity index is 350. The predicted octanol–water partition coefficient (Wildman–Crippen LogP) is 4.23. The molecular weight excluding hydrogens is 218 g/mol. The molecule has 0 heterocycles. The van der Waals surface area contributed by atoms with E-state index in [9.17, 15) is 0 Å². The van der Waals surface area contributed by atoms with Crippen LogP contribution in [0.5, 0.6) is 0 Å². The summed E-state index contributed by atoms with van der Waals surface area (Å²) < 4.78 is 0. The van der Waals surface area contributed by atoms with E-state index in [-0.39, 0.29) is 0 Å². The van der Waals surface area contributed by atoms with Crippen LogP contribution in [0.4, 0.5) is 0 Å². The highest BCUT2D eigenvalue weighted by Gasteiger charge is 2.18. The van der Waals surface area contributed by atoms with Crippen LogP contribution in [-0.4, -0.2) is 6.04 Å². The molecule has 2 N–H and O–H groups in total. The van der Waals surface area contributed by atoms with Gasteiger partial charge in [-0.1, -0.05) is 61.9 Å². The number of hydrogen-bond donors (Lipinski definition) is 1. The first-order valence-electron chi connectivity index (χ1n) is 7.57. The highest BCUT2D eigenvalue weighted by Crippen LogP contribution is 2.25. The van der Waals surface area contributed by atoms with Gasteiger partial charge in [-0.15, -0.1) is 0 Å². The van der Waals surface area contributed by atoms with Crippen LogP contribution >= 0.6 is 0 Å². The summed E-state index contributed by atoms with van der Waals surface area (Å²) in [5, 5.41) is 0. The summed E-state index contributed by atoms with van der Waals surface area (Å²) in [4.78, 5) is 0. The monoisotopic (exact) mass is 245 g/mol. The number of benzene rings is 1. The Morgan fingerprint density at radius 3 is 2.44 bits per heavy atom. The van der Waals surface area contributed by atoms with Gasteiger partial charge >= 0.3 is 0 Å². The van der Waals surface area contributed by atoms with Crippen molar-refractivity contribution < 1.29 is 0 Å². The number of aryl methyl sites for hydroxylation is 1. The Kier molecular flexibility index (Phi) is 5.25. The van der Waals surface area contributed by atoms with Crippen LogP contribution < -0.4 is 5.73 Å². The Hall–Kier alpha value is -0.820. The van der Waals surface area contributed by atoms with E-state index < -0.39 is 0 Å². The third kappa shape index (κ3) is 4.13. The average Bonchev–Trinajstić information content (AvgIpc) is 2.28. The van der Waals surface area contributed by atoms with Crippen molar-refractivity contribution in [1.82, 2.24) is 0 Å². The minimum atomic E-state index is 0.352.